The third-order valence-electron chi connectivity index (χ3n) is 3.18. The molecular formula is C13H15Cl2N3OS. The Hall–Kier alpha value is -1.04. The lowest BCUT2D eigenvalue weighted by molar-refractivity contribution is -0.130. The predicted molar refractivity (Wildman–Crippen MR) is 86.5 cm³/mol. The Morgan fingerprint density at radius 1 is 1.20 bits per heavy atom. The van der Waals surface area contributed by atoms with Crippen LogP contribution in [0.25, 0.3) is 0 Å². The molecule has 2 rings (SSSR count). The van der Waals surface area contributed by atoms with Gasteiger partial charge in [0.2, 0.25) is 5.91 Å². The second-order valence-corrected chi connectivity index (χ2v) is 5.78. The first-order valence-corrected chi connectivity index (χ1v) is 7.40. The van der Waals surface area contributed by atoms with E-state index in [1.165, 1.54) is 0 Å². The van der Waals surface area contributed by atoms with E-state index in [0.29, 0.717) is 28.2 Å². The standard InChI is InChI=1S/C13H15Cl2N3OS/c1-9(19)17-4-6-18(7-5-17)13(20)16-12-3-2-10(14)8-11(12)15/h2-3,8H,4-7H2,1H3,(H,16,20). The van der Waals surface area contributed by atoms with E-state index in [1.54, 1.807) is 25.1 Å². The smallest absolute Gasteiger partial charge is 0.219 e. The number of nitrogens with zero attached hydrogens (tertiary/aromatic N) is 2. The predicted octanol–water partition coefficient (Wildman–Crippen LogP) is 2.85. The maximum absolute atomic E-state index is 11.3. The Kier molecular flexibility index (Phi) is 5.07. The molecule has 1 amide bonds. The summed E-state index contributed by atoms with van der Waals surface area (Å²) in [5.74, 6) is 0.101. The van der Waals surface area contributed by atoms with Crippen molar-refractivity contribution in [2.24, 2.45) is 0 Å². The van der Waals surface area contributed by atoms with Crippen molar-refractivity contribution in [3.05, 3.63) is 28.2 Å². The van der Waals surface area contributed by atoms with Gasteiger partial charge in [-0.2, -0.15) is 0 Å². The monoisotopic (exact) mass is 331 g/mol. The fraction of sp³-hybridized carbons (Fsp3) is 0.385. The summed E-state index contributed by atoms with van der Waals surface area (Å²) in [5, 5.41) is 4.84. The van der Waals surface area contributed by atoms with Crippen LogP contribution in [0, 0.1) is 0 Å². The fourth-order valence-corrected chi connectivity index (χ4v) is 2.76. The molecule has 0 saturated carbocycles. The van der Waals surface area contributed by atoms with Gasteiger partial charge in [0, 0.05) is 38.1 Å². The van der Waals surface area contributed by atoms with Gasteiger partial charge in [-0.1, -0.05) is 23.2 Å². The van der Waals surface area contributed by atoms with Crippen LogP contribution in [0.2, 0.25) is 10.0 Å². The summed E-state index contributed by atoms with van der Waals surface area (Å²) in [5.41, 5.74) is 0.732. The lowest BCUT2D eigenvalue weighted by Crippen LogP contribution is -2.51. The highest BCUT2D eigenvalue weighted by Gasteiger charge is 2.20. The van der Waals surface area contributed by atoms with Crippen LogP contribution >= 0.6 is 35.4 Å². The van der Waals surface area contributed by atoms with Crippen LogP contribution in [0.3, 0.4) is 0 Å². The molecule has 7 heteroatoms. The van der Waals surface area contributed by atoms with Crippen LogP contribution in [0.15, 0.2) is 18.2 Å². The van der Waals surface area contributed by atoms with Gasteiger partial charge < -0.3 is 15.1 Å². The molecular weight excluding hydrogens is 317 g/mol. The molecule has 1 heterocycles. The van der Waals surface area contributed by atoms with E-state index in [-0.39, 0.29) is 5.91 Å². The highest BCUT2D eigenvalue weighted by atomic mass is 35.5. The first kappa shape index (κ1) is 15.4. The summed E-state index contributed by atoms with van der Waals surface area (Å²) in [7, 11) is 0. The van der Waals surface area contributed by atoms with Gasteiger partial charge >= 0.3 is 0 Å². The van der Waals surface area contributed by atoms with Gasteiger partial charge in [-0.25, -0.2) is 0 Å². The van der Waals surface area contributed by atoms with Gasteiger partial charge in [0.15, 0.2) is 5.11 Å². The minimum atomic E-state index is 0.101. The minimum Gasteiger partial charge on any atom is -0.345 e. The van der Waals surface area contributed by atoms with E-state index in [1.807, 2.05) is 9.80 Å². The molecule has 1 saturated heterocycles. The molecule has 0 radical (unpaired) electrons. The largest absolute Gasteiger partial charge is 0.345 e. The van der Waals surface area contributed by atoms with E-state index in [9.17, 15) is 4.79 Å². The van der Waals surface area contributed by atoms with Crippen LogP contribution in [-0.4, -0.2) is 47.0 Å². The zero-order valence-electron chi connectivity index (χ0n) is 11.0. The number of benzene rings is 1. The van der Waals surface area contributed by atoms with Crippen molar-refractivity contribution in [3.63, 3.8) is 0 Å². The normalized spacial score (nSPS) is 15.2. The highest BCUT2D eigenvalue weighted by Crippen LogP contribution is 2.25. The summed E-state index contributed by atoms with van der Waals surface area (Å²) >= 11 is 17.3. The van der Waals surface area contributed by atoms with Gasteiger partial charge in [0.05, 0.1) is 10.7 Å². The third-order valence-corrected chi connectivity index (χ3v) is 4.09. The molecule has 1 aliphatic heterocycles. The van der Waals surface area contributed by atoms with Crippen molar-refractivity contribution in [1.82, 2.24) is 9.80 Å². The average Bonchev–Trinajstić information content (AvgIpc) is 2.42. The molecule has 0 aromatic heterocycles. The molecule has 4 nitrogen and oxygen atoms in total. The number of carbonyl (C=O) groups is 1. The highest BCUT2D eigenvalue weighted by molar-refractivity contribution is 7.80. The number of nitrogens with one attached hydrogen (secondary N) is 1. The van der Waals surface area contributed by atoms with Gasteiger partial charge in [0.25, 0.3) is 0 Å². The number of thiocarbonyl (C=S) groups is 1. The van der Waals surface area contributed by atoms with E-state index in [4.69, 9.17) is 35.4 Å². The molecule has 1 aliphatic rings. The third kappa shape index (κ3) is 3.75. The fourth-order valence-electron chi connectivity index (χ4n) is 2.01. The van der Waals surface area contributed by atoms with Gasteiger partial charge in [-0.15, -0.1) is 0 Å². The number of halogens is 2. The Balaban J connectivity index is 1.94. The second-order valence-electron chi connectivity index (χ2n) is 4.55. The number of anilines is 1. The molecule has 0 aliphatic carbocycles. The Labute approximate surface area is 133 Å². The number of piperazine rings is 1. The minimum absolute atomic E-state index is 0.101. The van der Waals surface area contributed by atoms with E-state index in [2.05, 4.69) is 5.32 Å². The van der Waals surface area contributed by atoms with Gasteiger partial charge in [-0.3, -0.25) is 4.79 Å². The Morgan fingerprint density at radius 3 is 2.35 bits per heavy atom. The molecule has 1 N–H and O–H groups in total. The SMILES string of the molecule is CC(=O)N1CCN(C(=S)Nc2ccc(Cl)cc2Cl)CC1. The Bertz CT molecular complexity index is 530. The molecule has 1 fully saturated rings. The summed E-state index contributed by atoms with van der Waals surface area (Å²) in [6, 6.07) is 5.22. The maximum Gasteiger partial charge on any atom is 0.219 e. The summed E-state index contributed by atoms with van der Waals surface area (Å²) in [6.45, 7) is 4.39. The molecule has 0 atom stereocenters. The maximum atomic E-state index is 11.3. The van der Waals surface area contributed by atoms with Gasteiger partial charge in [-0.05, 0) is 30.4 Å². The van der Waals surface area contributed by atoms with Crippen LogP contribution in [-0.2, 0) is 4.79 Å². The van der Waals surface area contributed by atoms with Crippen LogP contribution in [0.5, 0.6) is 0 Å². The van der Waals surface area contributed by atoms with E-state index >= 15 is 0 Å². The molecule has 0 spiro atoms. The first-order chi connectivity index (χ1) is 9.47. The van der Waals surface area contributed by atoms with Crippen molar-refractivity contribution in [2.45, 2.75) is 6.92 Å². The van der Waals surface area contributed by atoms with Crippen LogP contribution in [0.1, 0.15) is 6.92 Å². The van der Waals surface area contributed by atoms with Crippen molar-refractivity contribution in [2.75, 3.05) is 31.5 Å². The molecule has 108 valence electrons. The van der Waals surface area contributed by atoms with E-state index in [0.717, 1.165) is 18.8 Å². The zero-order valence-corrected chi connectivity index (χ0v) is 13.4. The summed E-state index contributed by atoms with van der Waals surface area (Å²) in [6.07, 6.45) is 0. The summed E-state index contributed by atoms with van der Waals surface area (Å²) < 4.78 is 0. The van der Waals surface area contributed by atoms with Crippen molar-refractivity contribution < 1.29 is 4.79 Å². The lowest BCUT2D eigenvalue weighted by atomic mass is 10.3. The number of hydrogen-bond donors (Lipinski definition) is 1. The molecule has 1 aromatic carbocycles. The van der Waals surface area contributed by atoms with Crippen molar-refractivity contribution in [3.8, 4) is 0 Å². The van der Waals surface area contributed by atoms with E-state index < -0.39 is 0 Å². The molecule has 0 unspecified atom stereocenters. The Morgan fingerprint density at radius 2 is 1.80 bits per heavy atom. The average molecular weight is 332 g/mol. The van der Waals surface area contributed by atoms with Crippen molar-refractivity contribution >= 4 is 52.1 Å². The van der Waals surface area contributed by atoms with Crippen LogP contribution < -0.4 is 5.32 Å². The number of carbonyl (C=O) groups excluding carboxylic acids is 1. The summed E-state index contributed by atoms with van der Waals surface area (Å²) in [4.78, 5) is 15.1. The quantitative estimate of drug-likeness (QED) is 0.802. The number of hydrogen-bond acceptors (Lipinski definition) is 2. The number of rotatable bonds is 1. The topological polar surface area (TPSA) is 35.6 Å². The second kappa shape index (κ2) is 6.61. The molecule has 1 aromatic rings. The van der Waals surface area contributed by atoms with Gasteiger partial charge in [0.1, 0.15) is 0 Å². The lowest BCUT2D eigenvalue weighted by Gasteiger charge is -2.35. The molecule has 0 bridgehead atoms. The molecule has 20 heavy (non-hydrogen) atoms. The van der Waals surface area contributed by atoms with Crippen LogP contribution in [0.4, 0.5) is 5.69 Å². The zero-order chi connectivity index (χ0) is 14.7. The van der Waals surface area contributed by atoms with Crippen molar-refractivity contribution in [1.29, 1.82) is 0 Å². The first-order valence-electron chi connectivity index (χ1n) is 6.24. The number of amides is 1.